The summed E-state index contributed by atoms with van der Waals surface area (Å²) in [7, 11) is 1.51. The van der Waals surface area contributed by atoms with Gasteiger partial charge in [0, 0.05) is 11.1 Å². The van der Waals surface area contributed by atoms with Crippen LogP contribution in [0.15, 0.2) is 16.5 Å². The molecule has 0 atom stereocenters. The lowest BCUT2D eigenvalue weighted by Crippen LogP contribution is -2.07. The van der Waals surface area contributed by atoms with E-state index in [0.717, 1.165) is 17.0 Å². The van der Waals surface area contributed by atoms with Gasteiger partial charge in [0.2, 0.25) is 11.8 Å². The lowest BCUT2D eigenvalue weighted by molar-refractivity contribution is 0.401. The molecule has 98 valence electrons. The first kappa shape index (κ1) is 11.7. The monoisotopic (exact) mass is 278 g/mol. The predicted octanol–water partition coefficient (Wildman–Crippen LogP) is 0.215. The van der Waals surface area contributed by atoms with Crippen LogP contribution in [0.5, 0.6) is 5.88 Å². The highest BCUT2D eigenvalue weighted by Gasteiger charge is 2.15. The summed E-state index contributed by atoms with van der Waals surface area (Å²) in [5.41, 5.74) is 7.69. The molecule has 0 saturated heterocycles. The molecular formula is C10H10N6O2S. The van der Waals surface area contributed by atoms with Crippen molar-refractivity contribution < 1.29 is 4.74 Å². The Kier molecular flexibility index (Phi) is 2.67. The second-order valence-electron chi connectivity index (χ2n) is 3.78. The van der Waals surface area contributed by atoms with E-state index < -0.39 is 0 Å². The van der Waals surface area contributed by atoms with E-state index in [9.17, 15) is 4.79 Å². The number of hydrogen-bond acceptors (Lipinski definition) is 7. The van der Waals surface area contributed by atoms with Gasteiger partial charge in [-0.25, -0.2) is 9.97 Å². The van der Waals surface area contributed by atoms with E-state index in [4.69, 9.17) is 10.5 Å². The lowest BCUT2D eigenvalue weighted by atomic mass is 10.4. The minimum absolute atomic E-state index is 0.106. The Balaban J connectivity index is 2.13. The number of nitrogens with zero attached hydrogens (tertiary/aromatic N) is 4. The largest absolute Gasteiger partial charge is 0.479 e. The van der Waals surface area contributed by atoms with Crippen molar-refractivity contribution in [3.63, 3.8) is 0 Å². The molecule has 0 aliphatic heterocycles. The molecule has 9 heteroatoms. The predicted molar refractivity (Wildman–Crippen MR) is 70.3 cm³/mol. The molecule has 0 fully saturated rings. The van der Waals surface area contributed by atoms with Gasteiger partial charge in [-0.1, -0.05) is 11.3 Å². The molecule has 0 aliphatic rings. The number of fused-ring (bicyclic) bond motifs is 1. The third-order valence-electron chi connectivity index (χ3n) is 2.62. The van der Waals surface area contributed by atoms with Gasteiger partial charge < -0.3 is 15.5 Å². The number of aromatic nitrogens is 5. The van der Waals surface area contributed by atoms with E-state index in [1.54, 1.807) is 9.95 Å². The molecule has 8 nitrogen and oxygen atoms in total. The topological polar surface area (TPSA) is 112 Å². The van der Waals surface area contributed by atoms with Gasteiger partial charge in [0.1, 0.15) is 6.33 Å². The second kappa shape index (κ2) is 4.35. The fourth-order valence-corrected chi connectivity index (χ4v) is 2.37. The average molecular weight is 278 g/mol. The molecule has 0 unspecified atom stereocenters. The van der Waals surface area contributed by atoms with Gasteiger partial charge in [0.15, 0.2) is 11.2 Å². The summed E-state index contributed by atoms with van der Waals surface area (Å²) in [4.78, 5) is 26.1. The maximum absolute atomic E-state index is 11.1. The Morgan fingerprint density at radius 2 is 2.37 bits per heavy atom. The summed E-state index contributed by atoms with van der Waals surface area (Å²) < 4.78 is 6.80. The fraction of sp³-hybridized carbons (Fsp3) is 0.200. The number of methoxy groups -OCH3 is 1. The van der Waals surface area contributed by atoms with Crippen molar-refractivity contribution in [1.82, 2.24) is 24.5 Å². The van der Waals surface area contributed by atoms with E-state index in [1.807, 2.05) is 0 Å². The highest BCUT2D eigenvalue weighted by atomic mass is 32.1. The molecule has 0 spiro atoms. The number of thiazole rings is 1. The van der Waals surface area contributed by atoms with Crippen molar-refractivity contribution in [1.29, 1.82) is 0 Å². The fourth-order valence-electron chi connectivity index (χ4n) is 1.80. The van der Waals surface area contributed by atoms with Gasteiger partial charge in [0.05, 0.1) is 13.7 Å². The Bertz CT molecular complexity index is 789. The maximum Gasteiger partial charge on any atom is 0.304 e. The summed E-state index contributed by atoms with van der Waals surface area (Å²) in [5, 5.41) is 1.74. The number of ether oxygens (including phenoxy) is 1. The number of anilines is 1. The molecule has 0 bridgehead atoms. The van der Waals surface area contributed by atoms with Crippen molar-refractivity contribution in [2.75, 3.05) is 12.8 Å². The highest BCUT2D eigenvalue weighted by Crippen LogP contribution is 2.23. The van der Waals surface area contributed by atoms with Crippen LogP contribution in [0.25, 0.3) is 11.2 Å². The van der Waals surface area contributed by atoms with Gasteiger partial charge in [-0.3, -0.25) is 9.36 Å². The first-order chi connectivity index (χ1) is 9.19. The molecule has 19 heavy (non-hydrogen) atoms. The number of hydrogen-bond donors (Lipinski definition) is 2. The summed E-state index contributed by atoms with van der Waals surface area (Å²) in [6, 6.07) is 0. The molecule has 0 radical (unpaired) electrons. The van der Waals surface area contributed by atoms with Crippen LogP contribution in [0.3, 0.4) is 0 Å². The van der Waals surface area contributed by atoms with Crippen LogP contribution in [0.4, 0.5) is 5.95 Å². The lowest BCUT2D eigenvalue weighted by Gasteiger charge is -2.03. The minimum Gasteiger partial charge on any atom is -0.479 e. The standard InChI is InChI=1S/C10H10N6O2S/c1-18-8-6-7(12-4-13-8)16(9(11)15-6)2-5-3-19-10(17)14-5/h3-4H,2H2,1H3,(H2,11,15)(H,14,17). The summed E-state index contributed by atoms with van der Waals surface area (Å²) in [5.74, 6) is 0.662. The van der Waals surface area contributed by atoms with E-state index >= 15 is 0 Å². The van der Waals surface area contributed by atoms with Crippen molar-refractivity contribution >= 4 is 28.4 Å². The zero-order chi connectivity index (χ0) is 13.4. The summed E-state index contributed by atoms with van der Waals surface area (Å²) in [6.07, 6.45) is 1.38. The number of nitrogen functional groups attached to an aromatic ring is 1. The van der Waals surface area contributed by atoms with E-state index in [-0.39, 0.29) is 4.87 Å². The number of rotatable bonds is 3. The smallest absolute Gasteiger partial charge is 0.304 e. The van der Waals surface area contributed by atoms with E-state index in [0.29, 0.717) is 29.5 Å². The molecule has 3 aromatic rings. The number of H-pyrrole nitrogens is 1. The van der Waals surface area contributed by atoms with Gasteiger partial charge in [-0.2, -0.15) is 4.98 Å². The van der Waals surface area contributed by atoms with Crippen molar-refractivity contribution in [3.05, 3.63) is 27.1 Å². The highest BCUT2D eigenvalue weighted by molar-refractivity contribution is 7.07. The molecule has 0 aliphatic carbocycles. The SMILES string of the molecule is COc1ncnc2c1nc(N)n2Cc1csc(=O)[nH]1. The Morgan fingerprint density at radius 1 is 1.53 bits per heavy atom. The average Bonchev–Trinajstić information content (AvgIpc) is 2.94. The normalized spacial score (nSPS) is 11.0. The zero-order valence-corrected chi connectivity index (χ0v) is 10.8. The summed E-state index contributed by atoms with van der Waals surface area (Å²) in [6.45, 7) is 0.390. The number of aromatic amines is 1. The molecular weight excluding hydrogens is 268 g/mol. The molecule has 3 aromatic heterocycles. The molecule has 3 heterocycles. The molecule has 0 aromatic carbocycles. The second-order valence-corrected chi connectivity index (χ2v) is 4.63. The number of nitrogens with two attached hydrogens (primary N) is 1. The van der Waals surface area contributed by atoms with Gasteiger partial charge in [0.25, 0.3) is 0 Å². The zero-order valence-electron chi connectivity index (χ0n) is 9.95. The molecule has 3 rings (SSSR count). The van der Waals surface area contributed by atoms with Crippen molar-refractivity contribution in [3.8, 4) is 5.88 Å². The van der Waals surface area contributed by atoms with Gasteiger partial charge >= 0.3 is 4.87 Å². The van der Waals surface area contributed by atoms with Crippen molar-refractivity contribution in [2.24, 2.45) is 0 Å². The van der Waals surface area contributed by atoms with Crippen LogP contribution >= 0.6 is 11.3 Å². The van der Waals surface area contributed by atoms with Gasteiger partial charge in [-0.15, -0.1) is 0 Å². The van der Waals surface area contributed by atoms with Crippen LogP contribution in [-0.2, 0) is 6.54 Å². The van der Waals surface area contributed by atoms with Crippen LogP contribution < -0.4 is 15.3 Å². The maximum atomic E-state index is 11.1. The molecule has 0 amide bonds. The minimum atomic E-state index is -0.106. The third-order valence-corrected chi connectivity index (χ3v) is 3.34. The van der Waals surface area contributed by atoms with Crippen molar-refractivity contribution in [2.45, 2.75) is 6.54 Å². The Labute approximate surface area is 110 Å². The van der Waals surface area contributed by atoms with Gasteiger partial charge in [-0.05, 0) is 0 Å². The Morgan fingerprint density at radius 3 is 3.05 bits per heavy atom. The quantitative estimate of drug-likeness (QED) is 0.708. The van der Waals surface area contributed by atoms with Crippen LogP contribution in [-0.4, -0.2) is 31.6 Å². The Hall–Kier alpha value is -2.42. The van der Waals surface area contributed by atoms with E-state index in [1.165, 1.54) is 13.4 Å². The van der Waals surface area contributed by atoms with Crippen LogP contribution in [0, 0.1) is 0 Å². The third kappa shape index (κ3) is 1.93. The van der Waals surface area contributed by atoms with Crippen LogP contribution in [0.2, 0.25) is 0 Å². The first-order valence-corrected chi connectivity index (χ1v) is 6.24. The first-order valence-electron chi connectivity index (χ1n) is 5.36. The molecule has 0 saturated carbocycles. The number of nitrogens with one attached hydrogen (secondary N) is 1. The van der Waals surface area contributed by atoms with E-state index in [2.05, 4.69) is 19.9 Å². The number of imidazole rings is 1. The molecule has 3 N–H and O–H groups in total. The summed E-state index contributed by atoms with van der Waals surface area (Å²) >= 11 is 1.10. The van der Waals surface area contributed by atoms with Crippen LogP contribution in [0.1, 0.15) is 5.69 Å².